The van der Waals surface area contributed by atoms with Crippen molar-refractivity contribution in [2.45, 2.75) is 19.0 Å². The van der Waals surface area contributed by atoms with Crippen LogP contribution in [0.5, 0.6) is 0 Å². The van der Waals surface area contributed by atoms with Crippen molar-refractivity contribution in [1.29, 1.82) is 0 Å². The zero-order valence-corrected chi connectivity index (χ0v) is 11.9. The molecule has 3 amide bonds. The zero-order chi connectivity index (χ0) is 15.7. The molecule has 1 atom stereocenters. The van der Waals surface area contributed by atoms with E-state index in [4.69, 9.17) is 0 Å². The minimum atomic E-state index is -1.19. The largest absolute Gasteiger partial charge is 0.325 e. The second-order valence-corrected chi connectivity index (χ2v) is 5.27. The molecule has 0 saturated carbocycles. The average molecular weight is 299 g/mol. The summed E-state index contributed by atoms with van der Waals surface area (Å²) in [5.74, 6) is -0.774. The van der Waals surface area contributed by atoms with Crippen molar-refractivity contribution >= 4 is 11.9 Å². The maximum atomic E-state index is 13.0. The third-order valence-electron chi connectivity index (χ3n) is 3.74. The van der Waals surface area contributed by atoms with Crippen molar-refractivity contribution in [3.05, 3.63) is 65.7 Å². The van der Waals surface area contributed by atoms with Gasteiger partial charge < -0.3 is 5.32 Å². The molecule has 3 rings (SSSR count). The summed E-state index contributed by atoms with van der Waals surface area (Å²) in [6, 6.07) is 10.3. The number of nitrogens with one attached hydrogen (secondary N) is 1. The van der Waals surface area contributed by atoms with Crippen molar-refractivity contribution in [3.63, 3.8) is 0 Å². The van der Waals surface area contributed by atoms with Crippen LogP contribution in [0.2, 0.25) is 0 Å². The van der Waals surface area contributed by atoms with Gasteiger partial charge in [-0.2, -0.15) is 0 Å². The van der Waals surface area contributed by atoms with Gasteiger partial charge in [0, 0.05) is 6.20 Å². The molecule has 0 spiro atoms. The summed E-state index contributed by atoms with van der Waals surface area (Å²) in [4.78, 5) is 30.0. The number of urea groups is 1. The number of hydrogen-bond acceptors (Lipinski definition) is 3. The summed E-state index contributed by atoms with van der Waals surface area (Å²) in [5, 5.41) is 2.67. The average Bonchev–Trinajstić information content (AvgIpc) is 2.73. The van der Waals surface area contributed by atoms with Crippen molar-refractivity contribution in [3.8, 4) is 0 Å². The molecule has 1 saturated heterocycles. The lowest BCUT2D eigenvalue weighted by Gasteiger charge is -2.22. The minimum Gasteiger partial charge on any atom is -0.319 e. The first-order valence-corrected chi connectivity index (χ1v) is 6.81. The fourth-order valence-electron chi connectivity index (χ4n) is 2.47. The maximum Gasteiger partial charge on any atom is 0.325 e. The predicted molar refractivity (Wildman–Crippen MR) is 77.1 cm³/mol. The van der Waals surface area contributed by atoms with Gasteiger partial charge in [0.2, 0.25) is 0 Å². The topological polar surface area (TPSA) is 62.3 Å². The van der Waals surface area contributed by atoms with Gasteiger partial charge in [-0.25, -0.2) is 9.18 Å². The summed E-state index contributed by atoms with van der Waals surface area (Å²) < 4.78 is 13.0. The number of imide groups is 1. The normalized spacial score (nSPS) is 21.1. The Morgan fingerprint density at radius 1 is 1.18 bits per heavy atom. The number of nitrogens with zero attached hydrogens (tertiary/aromatic N) is 2. The van der Waals surface area contributed by atoms with Crippen LogP contribution in [0.15, 0.2) is 48.7 Å². The molecule has 22 heavy (non-hydrogen) atoms. The van der Waals surface area contributed by atoms with Crippen molar-refractivity contribution in [2.75, 3.05) is 0 Å². The second kappa shape index (κ2) is 5.22. The summed E-state index contributed by atoms with van der Waals surface area (Å²) in [6.07, 6.45) is 1.60. The monoisotopic (exact) mass is 299 g/mol. The number of amides is 3. The molecule has 1 aliphatic rings. The predicted octanol–water partition coefficient (Wildman–Crippen LogP) is 2.19. The Morgan fingerprint density at radius 2 is 1.91 bits per heavy atom. The molecule has 112 valence electrons. The van der Waals surface area contributed by atoms with Gasteiger partial charge >= 0.3 is 6.03 Å². The number of pyridine rings is 1. The minimum absolute atomic E-state index is 0.0995. The lowest BCUT2D eigenvalue weighted by atomic mass is 9.92. The highest BCUT2D eigenvalue weighted by Crippen LogP contribution is 2.29. The van der Waals surface area contributed by atoms with Crippen LogP contribution in [-0.4, -0.2) is 21.8 Å². The summed E-state index contributed by atoms with van der Waals surface area (Å²) in [7, 11) is 0. The molecule has 1 unspecified atom stereocenters. The van der Waals surface area contributed by atoms with E-state index in [0.717, 1.165) is 4.90 Å². The highest BCUT2D eigenvalue weighted by Gasteiger charge is 2.48. The van der Waals surface area contributed by atoms with E-state index < -0.39 is 17.4 Å². The van der Waals surface area contributed by atoms with E-state index in [-0.39, 0.29) is 12.5 Å². The van der Waals surface area contributed by atoms with E-state index in [2.05, 4.69) is 10.3 Å². The molecule has 0 aliphatic carbocycles. The van der Waals surface area contributed by atoms with Gasteiger partial charge in [-0.05, 0) is 36.8 Å². The number of carbonyl (C=O) groups is 2. The smallest absolute Gasteiger partial charge is 0.319 e. The number of rotatable bonds is 3. The SMILES string of the molecule is CC1(c2ccc(F)cc2)NC(=O)N(Cc2ccccn2)C1=O. The standard InChI is InChI=1S/C16H14FN3O2/c1-16(11-5-7-12(17)8-6-11)14(21)20(15(22)19-16)10-13-4-2-3-9-18-13/h2-9H,10H2,1H3,(H,19,22). The van der Waals surface area contributed by atoms with Crippen LogP contribution >= 0.6 is 0 Å². The number of benzene rings is 1. The molecule has 2 aromatic rings. The van der Waals surface area contributed by atoms with Crippen LogP contribution in [0.1, 0.15) is 18.2 Å². The number of halogens is 1. The van der Waals surface area contributed by atoms with E-state index in [9.17, 15) is 14.0 Å². The van der Waals surface area contributed by atoms with E-state index in [0.29, 0.717) is 11.3 Å². The number of hydrogen-bond donors (Lipinski definition) is 1. The Balaban J connectivity index is 1.89. The summed E-state index contributed by atoms with van der Waals surface area (Å²) >= 11 is 0. The van der Waals surface area contributed by atoms with E-state index in [1.54, 1.807) is 31.3 Å². The van der Waals surface area contributed by atoms with Gasteiger partial charge in [-0.3, -0.25) is 14.7 Å². The molecule has 1 aromatic carbocycles. The zero-order valence-electron chi connectivity index (χ0n) is 11.9. The number of carbonyl (C=O) groups excluding carboxylic acids is 2. The molecule has 5 nitrogen and oxygen atoms in total. The third-order valence-corrected chi connectivity index (χ3v) is 3.74. The van der Waals surface area contributed by atoms with E-state index in [1.165, 1.54) is 24.3 Å². The fourth-order valence-corrected chi connectivity index (χ4v) is 2.47. The third kappa shape index (κ3) is 2.32. The van der Waals surface area contributed by atoms with E-state index in [1.807, 2.05) is 0 Å². The van der Waals surface area contributed by atoms with Crippen LogP contribution in [0.25, 0.3) is 0 Å². The first kappa shape index (κ1) is 14.2. The quantitative estimate of drug-likeness (QED) is 0.884. The Labute approximate surface area is 126 Å². The van der Waals surface area contributed by atoms with Crippen LogP contribution in [0.4, 0.5) is 9.18 Å². The van der Waals surface area contributed by atoms with Gasteiger partial charge in [-0.1, -0.05) is 18.2 Å². The number of aromatic nitrogens is 1. The highest BCUT2D eigenvalue weighted by atomic mass is 19.1. The van der Waals surface area contributed by atoms with Crippen molar-refractivity contribution in [2.24, 2.45) is 0 Å². The molecule has 1 fully saturated rings. The van der Waals surface area contributed by atoms with E-state index >= 15 is 0 Å². The van der Waals surface area contributed by atoms with Crippen LogP contribution < -0.4 is 5.32 Å². The van der Waals surface area contributed by atoms with Crippen LogP contribution in [-0.2, 0) is 16.9 Å². The highest BCUT2D eigenvalue weighted by molar-refractivity contribution is 6.07. The Kier molecular flexibility index (Phi) is 3.36. The van der Waals surface area contributed by atoms with Crippen molar-refractivity contribution < 1.29 is 14.0 Å². The van der Waals surface area contributed by atoms with Gasteiger partial charge in [0.15, 0.2) is 0 Å². The molecular weight excluding hydrogens is 285 g/mol. The molecule has 1 N–H and O–H groups in total. The molecule has 0 bridgehead atoms. The molecule has 1 aliphatic heterocycles. The van der Waals surface area contributed by atoms with Crippen LogP contribution in [0, 0.1) is 5.82 Å². The first-order valence-electron chi connectivity index (χ1n) is 6.81. The van der Waals surface area contributed by atoms with Gasteiger partial charge in [0.1, 0.15) is 11.4 Å². The Bertz CT molecular complexity index is 718. The fraction of sp³-hybridized carbons (Fsp3) is 0.188. The Morgan fingerprint density at radius 3 is 2.55 bits per heavy atom. The van der Waals surface area contributed by atoms with Gasteiger partial charge in [0.25, 0.3) is 5.91 Å². The lowest BCUT2D eigenvalue weighted by Crippen LogP contribution is -2.40. The van der Waals surface area contributed by atoms with Gasteiger partial charge in [0.05, 0.1) is 12.2 Å². The summed E-state index contributed by atoms with van der Waals surface area (Å²) in [5.41, 5.74) is -0.0374. The Hall–Kier alpha value is -2.76. The molecule has 1 aromatic heterocycles. The summed E-state index contributed by atoms with van der Waals surface area (Å²) in [6.45, 7) is 1.71. The maximum absolute atomic E-state index is 13.0. The molecule has 2 heterocycles. The van der Waals surface area contributed by atoms with Crippen molar-refractivity contribution in [1.82, 2.24) is 15.2 Å². The molecule has 0 radical (unpaired) electrons. The first-order chi connectivity index (χ1) is 10.5. The lowest BCUT2D eigenvalue weighted by molar-refractivity contribution is -0.131. The second-order valence-electron chi connectivity index (χ2n) is 5.27. The molecule has 6 heteroatoms. The van der Waals surface area contributed by atoms with Crippen LogP contribution in [0.3, 0.4) is 0 Å². The van der Waals surface area contributed by atoms with Gasteiger partial charge in [-0.15, -0.1) is 0 Å². The molecular formula is C16H14FN3O2.